The maximum atomic E-state index is 12.7. The second kappa shape index (κ2) is 7.72. The molecule has 0 saturated carbocycles. The third-order valence-corrected chi connectivity index (χ3v) is 4.93. The van der Waals surface area contributed by atoms with Crippen LogP contribution in [0.4, 0.5) is 14.5 Å². The number of nitrogens with one attached hydrogen (secondary N) is 1. The van der Waals surface area contributed by atoms with Gasteiger partial charge in [0.15, 0.2) is 0 Å². The van der Waals surface area contributed by atoms with Crippen molar-refractivity contribution < 1.29 is 18.3 Å². The molecule has 2 aromatic carbocycles. The van der Waals surface area contributed by atoms with Crippen molar-refractivity contribution in [1.29, 1.82) is 0 Å². The zero-order chi connectivity index (χ0) is 20.6. The van der Waals surface area contributed by atoms with Crippen LogP contribution in [0.15, 0.2) is 47.1 Å². The van der Waals surface area contributed by atoms with Crippen LogP contribution in [0.3, 0.4) is 0 Å². The van der Waals surface area contributed by atoms with Crippen LogP contribution >= 0.6 is 27.5 Å². The molecule has 0 fully saturated rings. The molecule has 1 amide bonds. The lowest BCUT2D eigenvalue weighted by Gasteiger charge is -2.12. The summed E-state index contributed by atoms with van der Waals surface area (Å²) in [5, 5.41) is 3.73. The normalized spacial score (nSPS) is 11.9. The molecule has 0 bridgehead atoms. The first-order valence-electron chi connectivity index (χ1n) is 8.53. The van der Waals surface area contributed by atoms with Crippen molar-refractivity contribution in [1.82, 2.24) is 4.57 Å². The van der Waals surface area contributed by atoms with E-state index in [4.69, 9.17) is 11.6 Å². The van der Waals surface area contributed by atoms with Gasteiger partial charge in [-0.25, -0.2) is 0 Å². The summed E-state index contributed by atoms with van der Waals surface area (Å²) in [6.07, 6.45) is 2.06. The molecule has 0 atom stereocenters. The molecule has 0 spiro atoms. The first-order valence-corrected chi connectivity index (χ1v) is 9.70. The molecule has 0 aliphatic carbocycles. The van der Waals surface area contributed by atoms with Crippen molar-refractivity contribution in [3.05, 3.63) is 58.2 Å². The molecular weight excluding hydrogens is 454 g/mol. The van der Waals surface area contributed by atoms with Crippen LogP contribution in [0.1, 0.15) is 35.8 Å². The maximum Gasteiger partial charge on any atom is 0.487 e. The number of carbonyl (C=O) groups excluding carboxylic acids is 1. The van der Waals surface area contributed by atoms with E-state index in [1.54, 1.807) is 6.07 Å². The lowest BCUT2D eigenvalue weighted by Crippen LogP contribution is -2.15. The lowest BCUT2D eigenvalue weighted by atomic mass is 10.1. The van der Waals surface area contributed by atoms with Gasteiger partial charge in [-0.15, -0.1) is 8.78 Å². The fraction of sp³-hybridized carbons (Fsp3) is 0.250. The van der Waals surface area contributed by atoms with E-state index in [0.29, 0.717) is 11.3 Å². The summed E-state index contributed by atoms with van der Waals surface area (Å²) in [4.78, 5) is 12.7. The van der Waals surface area contributed by atoms with E-state index in [9.17, 15) is 13.6 Å². The molecule has 0 radical (unpaired) electrons. The van der Waals surface area contributed by atoms with Gasteiger partial charge in [0.05, 0.1) is 5.52 Å². The number of amides is 1. The summed E-state index contributed by atoms with van der Waals surface area (Å²) >= 11 is 8.31. The number of alkyl halides is 3. The van der Waals surface area contributed by atoms with Crippen LogP contribution in [0.25, 0.3) is 10.9 Å². The molecule has 1 aromatic heterocycles. The van der Waals surface area contributed by atoms with Gasteiger partial charge >= 0.3 is 5.57 Å². The van der Waals surface area contributed by atoms with E-state index in [1.807, 2.05) is 13.0 Å². The maximum absolute atomic E-state index is 12.7. The van der Waals surface area contributed by atoms with Gasteiger partial charge in [-0.05, 0) is 78.7 Å². The van der Waals surface area contributed by atoms with Crippen LogP contribution in [-0.2, 0) is 0 Å². The number of anilines is 1. The summed E-state index contributed by atoms with van der Waals surface area (Å²) in [6, 6.07) is 9.42. The highest BCUT2D eigenvalue weighted by Gasteiger charge is 2.27. The average Bonchev–Trinajstić information content (AvgIpc) is 2.93. The van der Waals surface area contributed by atoms with Gasteiger partial charge in [0.1, 0.15) is 5.75 Å². The molecule has 28 heavy (non-hydrogen) atoms. The monoisotopic (exact) mass is 470 g/mol. The van der Waals surface area contributed by atoms with E-state index in [2.05, 4.69) is 50.6 Å². The molecular formula is C20H18BrClF2N2O2. The predicted octanol–water partition coefficient (Wildman–Crippen LogP) is 6.71. The number of hydrogen-bond acceptors (Lipinski definition) is 2. The lowest BCUT2D eigenvalue weighted by molar-refractivity contribution is -0.0964. The van der Waals surface area contributed by atoms with E-state index in [1.165, 1.54) is 24.3 Å². The molecule has 1 heterocycles. The van der Waals surface area contributed by atoms with Crippen LogP contribution in [0.5, 0.6) is 5.75 Å². The Bertz CT molecular complexity index is 1030. The number of fused-ring (bicyclic) bond motifs is 1. The van der Waals surface area contributed by atoms with E-state index in [-0.39, 0.29) is 17.7 Å². The Hall–Kier alpha value is -2.12. The Labute approximate surface area is 174 Å². The molecule has 4 nitrogen and oxygen atoms in total. The third-order valence-electron chi connectivity index (χ3n) is 4.24. The molecule has 8 heteroatoms. The van der Waals surface area contributed by atoms with Gasteiger partial charge in [-0.1, -0.05) is 0 Å². The molecule has 0 aliphatic heterocycles. The summed E-state index contributed by atoms with van der Waals surface area (Å²) in [5.41, 5.74) is -0.744. The number of aromatic nitrogens is 1. The highest BCUT2D eigenvalue weighted by Crippen LogP contribution is 2.32. The number of benzene rings is 2. The van der Waals surface area contributed by atoms with Crippen LogP contribution in [0, 0.1) is 6.92 Å². The fourth-order valence-electron chi connectivity index (χ4n) is 2.99. The van der Waals surface area contributed by atoms with E-state index < -0.39 is 5.57 Å². The Morgan fingerprint density at radius 1 is 1.25 bits per heavy atom. The average molecular weight is 472 g/mol. The SMILES string of the molecule is Cc1cn(C(C)C)c2c(Br)cc(C(=O)Nc3ccc(OC(F)(F)Cl)cc3)cc12. The Balaban J connectivity index is 1.85. The van der Waals surface area contributed by atoms with Gasteiger partial charge in [0, 0.05) is 44.9 Å². The van der Waals surface area contributed by atoms with Gasteiger partial charge < -0.3 is 14.6 Å². The van der Waals surface area contributed by atoms with Crippen LogP contribution < -0.4 is 10.1 Å². The number of hydrogen-bond donors (Lipinski definition) is 1. The Morgan fingerprint density at radius 3 is 2.46 bits per heavy atom. The van der Waals surface area contributed by atoms with E-state index >= 15 is 0 Å². The summed E-state index contributed by atoms with van der Waals surface area (Å²) in [6.45, 7) is 6.19. The minimum atomic E-state index is -3.78. The van der Waals surface area contributed by atoms with Gasteiger partial charge in [-0.3, -0.25) is 4.79 Å². The van der Waals surface area contributed by atoms with Gasteiger partial charge in [0.25, 0.3) is 5.91 Å². The number of aryl methyl sites for hydroxylation is 1. The number of carbonyl (C=O) groups is 1. The second-order valence-electron chi connectivity index (χ2n) is 6.69. The highest BCUT2D eigenvalue weighted by molar-refractivity contribution is 9.10. The molecule has 0 aliphatic rings. The quantitative estimate of drug-likeness (QED) is 0.420. The predicted molar refractivity (Wildman–Crippen MR) is 111 cm³/mol. The number of nitrogens with zero attached hydrogens (tertiary/aromatic N) is 1. The van der Waals surface area contributed by atoms with Crippen molar-refractivity contribution in [2.75, 3.05) is 5.32 Å². The van der Waals surface area contributed by atoms with Crippen LogP contribution in [-0.4, -0.2) is 16.0 Å². The minimum Gasteiger partial charge on any atom is -0.420 e. The van der Waals surface area contributed by atoms with Crippen molar-refractivity contribution in [2.45, 2.75) is 32.4 Å². The molecule has 3 aromatic rings. The fourth-order valence-corrected chi connectivity index (χ4v) is 3.74. The topological polar surface area (TPSA) is 43.3 Å². The number of halogens is 4. The zero-order valence-corrected chi connectivity index (χ0v) is 17.7. The Kier molecular flexibility index (Phi) is 5.68. The minimum absolute atomic E-state index is 0.104. The molecule has 1 N–H and O–H groups in total. The Morgan fingerprint density at radius 2 is 1.89 bits per heavy atom. The summed E-state index contributed by atoms with van der Waals surface area (Å²) < 4.78 is 32.5. The second-order valence-corrected chi connectivity index (χ2v) is 7.99. The summed E-state index contributed by atoms with van der Waals surface area (Å²) in [7, 11) is 0. The van der Waals surface area contributed by atoms with Crippen molar-refractivity contribution in [2.24, 2.45) is 0 Å². The zero-order valence-electron chi connectivity index (χ0n) is 15.4. The smallest absolute Gasteiger partial charge is 0.420 e. The van der Waals surface area contributed by atoms with Gasteiger partial charge in [-0.2, -0.15) is 0 Å². The highest BCUT2D eigenvalue weighted by atomic mass is 79.9. The molecule has 3 rings (SSSR count). The number of ether oxygens (including phenoxy) is 1. The number of rotatable bonds is 5. The van der Waals surface area contributed by atoms with Crippen molar-refractivity contribution >= 4 is 50.0 Å². The van der Waals surface area contributed by atoms with Crippen molar-refractivity contribution in [3.63, 3.8) is 0 Å². The molecule has 0 unspecified atom stereocenters. The first-order chi connectivity index (χ1) is 13.0. The van der Waals surface area contributed by atoms with Gasteiger partial charge in [0.2, 0.25) is 0 Å². The van der Waals surface area contributed by atoms with Crippen molar-refractivity contribution in [3.8, 4) is 5.75 Å². The molecule has 0 saturated heterocycles. The largest absolute Gasteiger partial charge is 0.487 e. The first kappa shape index (κ1) is 20.6. The van der Waals surface area contributed by atoms with E-state index in [0.717, 1.165) is 20.9 Å². The molecule has 148 valence electrons. The standard InChI is InChI=1S/C20H18BrClF2N2O2/c1-11(2)26-10-12(3)16-8-13(9-17(21)18(16)26)19(27)25-14-4-6-15(7-5-14)28-20(22,23)24/h4-11H,1-3H3,(H,25,27). The summed E-state index contributed by atoms with van der Waals surface area (Å²) in [5.74, 6) is -0.413. The van der Waals surface area contributed by atoms with Crippen LogP contribution in [0.2, 0.25) is 0 Å². The third kappa shape index (κ3) is 4.47.